The first-order valence-corrected chi connectivity index (χ1v) is 3.80. The van der Waals surface area contributed by atoms with Crippen molar-refractivity contribution in [1.82, 2.24) is 4.98 Å². The van der Waals surface area contributed by atoms with Crippen molar-refractivity contribution >= 4 is 0 Å². The van der Waals surface area contributed by atoms with Gasteiger partial charge in [0.15, 0.2) is 0 Å². The molecule has 0 bridgehead atoms. The Kier molecular flexibility index (Phi) is 2.75. The van der Waals surface area contributed by atoms with Gasteiger partial charge < -0.3 is 5.73 Å². The summed E-state index contributed by atoms with van der Waals surface area (Å²) in [5.74, 6) is -0.965. The van der Waals surface area contributed by atoms with Crippen molar-refractivity contribution in [2.45, 2.75) is 19.1 Å². The van der Waals surface area contributed by atoms with E-state index in [1.807, 2.05) is 0 Å². The number of rotatable bonds is 1. The first-order valence-electron chi connectivity index (χ1n) is 3.80. The van der Waals surface area contributed by atoms with E-state index < -0.39 is 23.7 Å². The van der Waals surface area contributed by atoms with Gasteiger partial charge in [0.2, 0.25) is 5.95 Å². The number of halogens is 4. The Hall–Kier alpha value is -1.17. The highest BCUT2D eigenvalue weighted by molar-refractivity contribution is 5.23. The normalized spacial score (nSPS) is 14.1. The highest BCUT2D eigenvalue weighted by Gasteiger charge is 2.32. The zero-order valence-electron chi connectivity index (χ0n) is 7.27. The predicted octanol–water partition coefficient (Wildman–Crippen LogP) is 2.26. The number of hydrogen-bond acceptors (Lipinski definition) is 2. The van der Waals surface area contributed by atoms with Gasteiger partial charge in [0, 0.05) is 17.8 Å². The molecule has 78 valence electrons. The molecule has 0 aliphatic carbocycles. The van der Waals surface area contributed by atoms with Crippen molar-refractivity contribution in [3.05, 3.63) is 29.3 Å². The van der Waals surface area contributed by atoms with Crippen LogP contribution in [0.4, 0.5) is 17.6 Å². The second-order valence-corrected chi connectivity index (χ2v) is 2.89. The average molecular weight is 208 g/mol. The quantitative estimate of drug-likeness (QED) is 0.567. The third-order valence-corrected chi connectivity index (χ3v) is 1.68. The molecule has 6 heteroatoms. The Labute approximate surface area is 77.7 Å². The van der Waals surface area contributed by atoms with Gasteiger partial charge in [0.25, 0.3) is 0 Å². The fourth-order valence-electron chi connectivity index (χ4n) is 0.939. The van der Waals surface area contributed by atoms with Crippen LogP contribution in [-0.4, -0.2) is 4.98 Å². The van der Waals surface area contributed by atoms with Crippen LogP contribution in [0.2, 0.25) is 0 Å². The Bertz CT molecular complexity index is 333. The van der Waals surface area contributed by atoms with E-state index in [-0.39, 0.29) is 5.56 Å². The van der Waals surface area contributed by atoms with E-state index in [4.69, 9.17) is 5.73 Å². The van der Waals surface area contributed by atoms with Gasteiger partial charge in [-0.15, -0.1) is 0 Å². The van der Waals surface area contributed by atoms with E-state index in [2.05, 4.69) is 4.98 Å². The summed E-state index contributed by atoms with van der Waals surface area (Å²) in [5, 5.41) is 0. The molecular formula is C8H8F4N2. The van der Waals surface area contributed by atoms with E-state index in [0.29, 0.717) is 12.3 Å². The van der Waals surface area contributed by atoms with E-state index in [1.165, 1.54) is 6.92 Å². The summed E-state index contributed by atoms with van der Waals surface area (Å²) in [6.07, 6.45) is -4.08. The summed E-state index contributed by atoms with van der Waals surface area (Å²) >= 11 is 0. The second kappa shape index (κ2) is 3.53. The summed E-state index contributed by atoms with van der Waals surface area (Å²) in [5.41, 5.74) is 4.05. The summed E-state index contributed by atoms with van der Waals surface area (Å²) in [6.45, 7) is 1.39. The predicted molar refractivity (Wildman–Crippen MR) is 41.8 cm³/mol. The molecule has 0 aliphatic rings. The van der Waals surface area contributed by atoms with Crippen LogP contribution in [-0.2, 0) is 6.18 Å². The van der Waals surface area contributed by atoms with E-state index in [1.54, 1.807) is 0 Å². The Balaban J connectivity index is 3.20. The third-order valence-electron chi connectivity index (χ3n) is 1.68. The standard InChI is InChI=1S/C8H8F4N2/c1-4(13)6-2-5(8(10,11)12)3-14-7(6)9/h2-4H,13H2,1H3. The van der Waals surface area contributed by atoms with Crippen molar-refractivity contribution in [3.63, 3.8) is 0 Å². The highest BCUT2D eigenvalue weighted by atomic mass is 19.4. The number of pyridine rings is 1. The Morgan fingerprint density at radius 3 is 2.43 bits per heavy atom. The highest BCUT2D eigenvalue weighted by Crippen LogP contribution is 2.30. The molecule has 0 saturated carbocycles. The molecule has 1 heterocycles. The molecule has 14 heavy (non-hydrogen) atoms. The van der Waals surface area contributed by atoms with Crippen molar-refractivity contribution < 1.29 is 17.6 Å². The molecule has 0 amide bonds. The molecule has 0 fully saturated rings. The Morgan fingerprint density at radius 1 is 1.43 bits per heavy atom. The minimum atomic E-state index is -4.52. The van der Waals surface area contributed by atoms with Crippen LogP contribution in [0.3, 0.4) is 0 Å². The van der Waals surface area contributed by atoms with Gasteiger partial charge in [-0.25, -0.2) is 4.98 Å². The number of alkyl halides is 3. The second-order valence-electron chi connectivity index (χ2n) is 2.89. The molecule has 1 unspecified atom stereocenters. The zero-order valence-corrected chi connectivity index (χ0v) is 7.27. The van der Waals surface area contributed by atoms with Crippen LogP contribution < -0.4 is 5.73 Å². The van der Waals surface area contributed by atoms with Crippen LogP contribution in [0.1, 0.15) is 24.1 Å². The summed E-state index contributed by atoms with van der Waals surface area (Å²) in [4.78, 5) is 3.00. The molecule has 2 nitrogen and oxygen atoms in total. The lowest BCUT2D eigenvalue weighted by Crippen LogP contribution is -2.13. The largest absolute Gasteiger partial charge is 0.417 e. The van der Waals surface area contributed by atoms with Gasteiger partial charge in [-0.05, 0) is 13.0 Å². The van der Waals surface area contributed by atoms with Crippen LogP contribution >= 0.6 is 0 Å². The topological polar surface area (TPSA) is 38.9 Å². The molecule has 1 atom stereocenters. The maximum Gasteiger partial charge on any atom is 0.417 e. The molecule has 0 aromatic carbocycles. The lowest BCUT2D eigenvalue weighted by molar-refractivity contribution is -0.137. The minimum absolute atomic E-state index is 0.236. The van der Waals surface area contributed by atoms with E-state index in [9.17, 15) is 17.6 Å². The third kappa shape index (κ3) is 2.20. The van der Waals surface area contributed by atoms with Crippen molar-refractivity contribution in [2.24, 2.45) is 5.73 Å². The maximum atomic E-state index is 12.9. The SMILES string of the molecule is CC(N)c1cc(C(F)(F)F)cnc1F. The zero-order chi connectivity index (χ0) is 10.9. The number of aromatic nitrogens is 1. The Morgan fingerprint density at radius 2 is 2.00 bits per heavy atom. The molecule has 1 rings (SSSR count). The summed E-state index contributed by atoms with van der Waals surface area (Å²) in [6, 6.07) is -0.141. The van der Waals surface area contributed by atoms with Gasteiger partial charge in [0.05, 0.1) is 5.56 Å². The molecule has 0 aliphatic heterocycles. The monoisotopic (exact) mass is 208 g/mol. The fourth-order valence-corrected chi connectivity index (χ4v) is 0.939. The number of nitrogens with zero attached hydrogens (tertiary/aromatic N) is 1. The van der Waals surface area contributed by atoms with Gasteiger partial charge in [-0.2, -0.15) is 17.6 Å². The van der Waals surface area contributed by atoms with Crippen LogP contribution in [0.15, 0.2) is 12.3 Å². The first-order chi connectivity index (χ1) is 6.32. The first kappa shape index (κ1) is 10.9. The van der Waals surface area contributed by atoms with Gasteiger partial charge in [-0.1, -0.05) is 0 Å². The smallest absolute Gasteiger partial charge is 0.324 e. The molecular weight excluding hydrogens is 200 g/mol. The minimum Gasteiger partial charge on any atom is -0.324 e. The van der Waals surface area contributed by atoms with E-state index in [0.717, 1.165) is 0 Å². The maximum absolute atomic E-state index is 12.9. The molecule has 1 aromatic heterocycles. The van der Waals surface area contributed by atoms with Gasteiger partial charge in [0.1, 0.15) is 0 Å². The van der Waals surface area contributed by atoms with Crippen molar-refractivity contribution in [2.75, 3.05) is 0 Å². The fraction of sp³-hybridized carbons (Fsp3) is 0.375. The summed E-state index contributed by atoms with van der Waals surface area (Å²) < 4.78 is 49.3. The average Bonchev–Trinajstić information content (AvgIpc) is 2.02. The molecule has 0 spiro atoms. The molecule has 0 radical (unpaired) electrons. The molecule has 1 aromatic rings. The lowest BCUT2D eigenvalue weighted by atomic mass is 10.1. The summed E-state index contributed by atoms with van der Waals surface area (Å²) in [7, 11) is 0. The van der Waals surface area contributed by atoms with Crippen LogP contribution in [0, 0.1) is 5.95 Å². The van der Waals surface area contributed by atoms with Crippen molar-refractivity contribution in [3.8, 4) is 0 Å². The van der Waals surface area contributed by atoms with Gasteiger partial charge >= 0.3 is 6.18 Å². The van der Waals surface area contributed by atoms with Crippen molar-refractivity contribution in [1.29, 1.82) is 0 Å². The van der Waals surface area contributed by atoms with E-state index >= 15 is 0 Å². The molecule has 0 saturated heterocycles. The number of hydrogen-bond donors (Lipinski definition) is 1. The lowest BCUT2D eigenvalue weighted by Gasteiger charge is -2.10. The number of nitrogens with two attached hydrogens (primary N) is 1. The van der Waals surface area contributed by atoms with Crippen LogP contribution in [0.25, 0.3) is 0 Å². The molecule has 2 N–H and O–H groups in total. The van der Waals surface area contributed by atoms with Gasteiger partial charge in [-0.3, -0.25) is 0 Å². The van der Waals surface area contributed by atoms with Crippen LogP contribution in [0.5, 0.6) is 0 Å².